The number of aryl methyl sites for hydroxylation is 1. The van der Waals surface area contributed by atoms with Crippen molar-refractivity contribution in [1.82, 2.24) is 10.0 Å². The lowest BCUT2D eigenvalue weighted by molar-refractivity contribution is -0.123. The topological polar surface area (TPSA) is 84.5 Å². The third-order valence-corrected chi connectivity index (χ3v) is 5.69. The monoisotopic (exact) mass is 390 g/mol. The van der Waals surface area contributed by atoms with E-state index in [1.54, 1.807) is 12.1 Å². The van der Waals surface area contributed by atoms with Gasteiger partial charge >= 0.3 is 0 Å². The molecule has 0 spiro atoms. The highest BCUT2D eigenvalue weighted by Crippen LogP contribution is 2.16. The summed E-state index contributed by atoms with van der Waals surface area (Å²) in [4.78, 5) is 12.1. The Morgan fingerprint density at radius 3 is 2.30 bits per heavy atom. The number of benzene rings is 2. The van der Waals surface area contributed by atoms with Crippen LogP contribution < -0.4 is 14.8 Å². The van der Waals surface area contributed by atoms with Gasteiger partial charge in [0.1, 0.15) is 5.75 Å². The van der Waals surface area contributed by atoms with Crippen molar-refractivity contribution in [1.29, 1.82) is 0 Å². The summed E-state index contributed by atoms with van der Waals surface area (Å²) in [6.07, 6.45) is 0.706. The fraction of sp³-hybridized carbons (Fsp3) is 0.350. The van der Waals surface area contributed by atoms with E-state index in [1.807, 2.05) is 45.0 Å². The second-order valence-electron chi connectivity index (χ2n) is 6.45. The average Bonchev–Trinajstić information content (AvgIpc) is 2.65. The lowest BCUT2D eigenvalue weighted by atomic mass is 10.1. The molecule has 7 heteroatoms. The predicted octanol–water partition coefficient (Wildman–Crippen LogP) is 2.77. The van der Waals surface area contributed by atoms with E-state index in [4.69, 9.17) is 4.74 Å². The molecule has 0 fully saturated rings. The molecule has 2 N–H and O–H groups in total. The molecule has 0 bridgehead atoms. The van der Waals surface area contributed by atoms with Gasteiger partial charge in [0.2, 0.25) is 10.0 Å². The van der Waals surface area contributed by atoms with E-state index in [0.717, 1.165) is 5.56 Å². The Labute approximate surface area is 161 Å². The maximum atomic E-state index is 12.2. The van der Waals surface area contributed by atoms with E-state index in [0.29, 0.717) is 18.7 Å². The number of hydrogen-bond acceptors (Lipinski definition) is 4. The molecule has 1 amide bonds. The summed E-state index contributed by atoms with van der Waals surface area (Å²) in [5, 5.41) is 2.78. The SMILES string of the molecule is CC[C@@H](C)NS(=O)(=O)c1ccc(OCC(=O)NCc2ccc(C)cc2)cc1. The molecule has 146 valence electrons. The first-order chi connectivity index (χ1) is 12.8. The Bertz CT molecular complexity index is 847. The Kier molecular flexibility index (Phi) is 7.38. The Balaban J connectivity index is 1.83. The third kappa shape index (κ3) is 6.69. The van der Waals surface area contributed by atoms with Gasteiger partial charge in [-0.15, -0.1) is 0 Å². The van der Waals surface area contributed by atoms with Crippen molar-refractivity contribution in [3.05, 3.63) is 59.7 Å². The number of carbonyl (C=O) groups excluding carboxylic acids is 1. The molecule has 2 aromatic carbocycles. The number of sulfonamides is 1. The van der Waals surface area contributed by atoms with Crippen molar-refractivity contribution in [3.8, 4) is 5.75 Å². The molecule has 0 heterocycles. The molecule has 0 unspecified atom stereocenters. The largest absolute Gasteiger partial charge is 0.484 e. The molecule has 1 atom stereocenters. The van der Waals surface area contributed by atoms with Crippen molar-refractivity contribution < 1.29 is 17.9 Å². The Hall–Kier alpha value is -2.38. The van der Waals surface area contributed by atoms with Crippen LogP contribution in [0.4, 0.5) is 0 Å². The van der Waals surface area contributed by atoms with Gasteiger partial charge in [-0.2, -0.15) is 0 Å². The molecule has 0 saturated carbocycles. The van der Waals surface area contributed by atoms with Crippen LogP contribution in [-0.4, -0.2) is 27.0 Å². The van der Waals surface area contributed by atoms with Crippen molar-refractivity contribution >= 4 is 15.9 Å². The van der Waals surface area contributed by atoms with Crippen LogP contribution in [0.25, 0.3) is 0 Å². The van der Waals surface area contributed by atoms with Crippen LogP contribution in [0, 0.1) is 6.92 Å². The Morgan fingerprint density at radius 1 is 1.07 bits per heavy atom. The molecule has 0 radical (unpaired) electrons. The van der Waals surface area contributed by atoms with Gasteiger partial charge in [0.25, 0.3) is 5.91 Å². The van der Waals surface area contributed by atoms with Crippen molar-refractivity contribution in [2.45, 2.75) is 44.7 Å². The van der Waals surface area contributed by atoms with E-state index < -0.39 is 10.0 Å². The van der Waals surface area contributed by atoms with Gasteiger partial charge in [0.05, 0.1) is 4.90 Å². The molecule has 2 aromatic rings. The summed E-state index contributed by atoms with van der Waals surface area (Å²) in [7, 11) is -3.55. The van der Waals surface area contributed by atoms with Gasteiger partial charge < -0.3 is 10.1 Å². The number of hydrogen-bond donors (Lipinski definition) is 2. The van der Waals surface area contributed by atoms with E-state index in [1.165, 1.54) is 17.7 Å². The highest BCUT2D eigenvalue weighted by atomic mass is 32.2. The minimum absolute atomic E-state index is 0.136. The predicted molar refractivity (Wildman–Crippen MR) is 105 cm³/mol. The molecular formula is C20H26N2O4S. The van der Waals surface area contributed by atoms with E-state index >= 15 is 0 Å². The minimum atomic E-state index is -3.55. The Morgan fingerprint density at radius 2 is 1.70 bits per heavy atom. The number of rotatable bonds is 9. The first kappa shape index (κ1) is 20.9. The lowest BCUT2D eigenvalue weighted by Crippen LogP contribution is -2.32. The molecule has 0 aromatic heterocycles. The van der Waals surface area contributed by atoms with Crippen LogP contribution in [-0.2, 0) is 21.4 Å². The molecule has 6 nitrogen and oxygen atoms in total. The van der Waals surface area contributed by atoms with E-state index in [2.05, 4.69) is 10.0 Å². The van der Waals surface area contributed by atoms with Crippen LogP contribution in [0.1, 0.15) is 31.4 Å². The number of carbonyl (C=O) groups is 1. The standard InChI is InChI=1S/C20H26N2O4S/c1-4-16(3)22-27(24,25)19-11-9-18(10-12-19)26-14-20(23)21-13-17-7-5-15(2)6-8-17/h5-12,16,22H,4,13-14H2,1-3H3,(H,21,23)/t16-/m1/s1. The minimum Gasteiger partial charge on any atom is -0.484 e. The van der Waals surface area contributed by atoms with Crippen LogP contribution in [0.5, 0.6) is 5.75 Å². The summed E-state index contributed by atoms with van der Waals surface area (Å²) in [6, 6.07) is 13.8. The number of amides is 1. The van der Waals surface area contributed by atoms with Crippen molar-refractivity contribution in [2.24, 2.45) is 0 Å². The van der Waals surface area contributed by atoms with E-state index in [-0.39, 0.29) is 23.5 Å². The van der Waals surface area contributed by atoms with Crippen LogP contribution in [0.3, 0.4) is 0 Å². The fourth-order valence-electron chi connectivity index (χ4n) is 2.24. The van der Waals surface area contributed by atoms with Gasteiger partial charge in [-0.25, -0.2) is 13.1 Å². The zero-order valence-electron chi connectivity index (χ0n) is 15.9. The molecule has 0 saturated heterocycles. The van der Waals surface area contributed by atoms with Gasteiger partial charge in [-0.05, 0) is 50.1 Å². The number of nitrogens with one attached hydrogen (secondary N) is 2. The van der Waals surface area contributed by atoms with Gasteiger partial charge in [0, 0.05) is 12.6 Å². The third-order valence-electron chi connectivity index (χ3n) is 4.08. The fourth-order valence-corrected chi connectivity index (χ4v) is 3.56. The smallest absolute Gasteiger partial charge is 0.258 e. The molecular weight excluding hydrogens is 364 g/mol. The van der Waals surface area contributed by atoms with Gasteiger partial charge in [-0.1, -0.05) is 36.8 Å². The molecule has 27 heavy (non-hydrogen) atoms. The maximum Gasteiger partial charge on any atom is 0.258 e. The van der Waals surface area contributed by atoms with Crippen molar-refractivity contribution in [3.63, 3.8) is 0 Å². The summed E-state index contributed by atoms with van der Waals surface area (Å²) in [6.45, 7) is 6.02. The zero-order valence-corrected chi connectivity index (χ0v) is 16.7. The molecule has 0 aliphatic rings. The van der Waals surface area contributed by atoms with Gasteiger partial charge in [-0.3, -0.25) is 4.79 Å². The molecule has 0 aliphatic carbocycles. The maximum absolute atomic E-state index is 12.2. The summed E-state index contributed by atoms with van der Waals surface area (Å²) < 4.78 is 32.4. The van der Waals surface area contributed by atoms with Crippen molar-refractivity contribution in [2.75, 3.05) is 6.61 Å². The molecule has 0 aliphatic heterocycles. The first-order valence-electron chi connectivity index (χ1n) is 8.87. The first-order valence-corrected chi connectivity index (χ1v) is 10.4. The van der Waals surface area contributed by atoms with Crippen LogP contribution >= 0.6 is 0 Å². The lowest BCUT2D eigenvalue weighted by Gasteiger charge is -2.12. The summed E-state index contributed by atoms with van der Waals surface area (Å²) in [5.74, 6) is 0.189. The zero-order chi connectivity index (χ0) is 19.9. The van der Waals surface area contributed by atoms with E-state index in [9.17, 15) is 13.2 Å². The average molecular weight is 391 g/mol. The highest BCUT2D eigenvalue weighted by Gasteiger charge is 2.16. The second-order valence-corrected chi connectivity index (χ2v) is 8.17. The summed E-state index contributed by atoms with van der Waals surface area (Å²) >= 11 is 0. The van der Waals surface area contributed by atoms with Crippen LogP contribution in [0.2, 0.25) is 0 Å². The highest BCUT2D eigenvalue weighted by molar-refractivity contribution is 7.89. The van der Waals surface area contributed by atoms with Gasteiger partial charge in [0.15, 0.2) is 6.61 Å². The molecule has 2 rings (SSSR count). The second kappa shape index (κ2) is 9.53. The number of ether oxygens (including phenoxy) is 1. The quantitative estimate of drug-likeness (QED) is 0.690. The van der Waals surface area contributed by atoms with Crippen LogP contribution in [0.15, 0.2) is 53.4 Å². The summed E-state index contributed by atoms with van der Waals surface area (Å²) in [5.41, 5.74) is 2.18. The normalized spacial score (nSPS) is 12.4.